The maximum atomic E-state index is 12.6. The second kappa shape index (κ2) is 7.71. The van der Waals surface area contributed by atoms with Gasteiger partial charge in [0, 0.05) is 18.1 Å². The van der Waals surface area contributed by atoms with Crippen LogP contribution < -0.4 is 10.1 Å². The number of nitrogens with one attached hydrogen (secondary N) is 1. The zero-order chi connectivity index (χ0) is 17.6. The third-order valence-corrected chi connectivity index (χ3v) is 4.17. The maximum Gasteiger partial charge on any atom is 0.226 e. The van der Waals surface area contributed by atoms with Gasteiger partial charge in [0.2, 0.25) is 5.91 Å². The van der Waals surface area contributed by atoms with Crippen LogP contribution in [0.2, 0.25) is 0 Å². The van der Waals surface area contributed by atoms with Crippen LogP contribution in [0.15, 0.2) is 73.1 Å². The molecule has 25 heavy (non-hydrogen) atoms. The first kappa shape index (κ1) is 16.8. The SMILES string of the molecule is COc1ccc(NC(=O)CC(c2cccc(C)c2)n2cccc2)cc1. The number of anilines is 1. The Balaban J connectivity index is 1.76. The molecular weight excluding hydrogens is 312 g/mol. The Kier molecular flexibility index (Phi) is 5.19. The zero-order valence-corrected chi connectivity index (χ0v) is 14.5. The van der Waals surface area contributed by atoms with Crippen molar-refractivity contribution in [2.45, 2.75) is 19.4 Å². The quantitative estimate of drug-likeness (QED) is 0.725. The molecule has 1 N–H and O–H groups in total. The highest BCUT2D eigenvalue weighted by Gasteiger charge is 2.17. The summed E-state index contributed by atoms with van der Waals surface area (Å²) in [7, 11) is 1.62. The Morgan fingerprint density at radius 3 is 2.44 bits per heavy atom. The molecule has 2 aromatic carbocycles. The molecule has 1 aromatic heterocycles. The van der Waals surface area contributed by atoms with E-state index in [9.17, 15) is 4.79 Å². The molecule has 1 atom stereocenters. The molecule has 0 fully saturated rings. The first-order chi connectivity index (χ1) is 12.2. The van der Waals surface area contributed by atoms with Gasteiger partial charge in [0.05, 0.1) is 19.6 Å². The van der Waals surface area contributed by atoms with Gasteiger partial charge in [0.15, 0.2) is 0 Å². The summed E-state index contributed by atoms with van der Waals surface area (Å²) >= 11 is 0. The van der Waals surface area contributed by atoms with E-state index in [4.69, 9.17) is 4.74 Å². The number of hydrogen-bond donors (Lipinski definition) is 1. The highest BCUT2D eigenvalue weighted by Crippen LogP contribution is 2.24. The summed E-state index contributed by atoms with van der Waals surface area (Å²) in [6, 6.07) is 19.6. The number of amides is 1. The minimum absolute atomic E-state index is 0.0228. The lowest BCUT2D eigenvalue weighted by molar-refractivity contribution is -0.116. The minimum atomic E-state index is -0.0341. The molecule has 3 rings (SSSR count). The van der Waals surface area contributed by atoms with Crippen molar-refractivity contribution in [2.75, 3.05) is 12.4 Å². The van der Waals surface area contributed by atoms with Crippen molar-refractivity contribution in [3.8, 4) is 5.75 Å². The van der Waals surface area contributed by atoms with Gasteiger partial charge < -0.3 is 14.6 Å². The number of carbonyl (C=O) groups excluding carboxylic acids is 1. The lowest BCUT2D eigenvalue weighted by Crippen LogP contribution is -2.19. The van der Waals surface area contributed by atoms with Crippen molar-refractivity contribution in [1.29, 1.82) is 0 Å². The molecule has 4 nitrogen and oxygen atoms in total. The molecule has 1 amide bonds. The molecule has 128 valence electrons. The van der Waals surface area contributed by atoms with Crippen LogP contribution in [0.25, 0.3) is 0 Å². The van der Waals surface area contributed by atoms with E-state index in [-0.39, 0.29) is 11.9 Å². The van der Waals surface area contributed by atoms with Crippen LogP contribution >= 0.6 is 0 Å². The Bertz CT molecular complexity index is 823. The van der Waals surface area contributed by atoms with Crippen LogP contribution in [0.1, 0.15) is 23.6 Å². The largest absolute Gasteiger partial charge is 0.497 e. The molecule has 0 saturated carbocycles. The summed E-state index contributed by atoms with van der Waals surface area (Å²) in [5.41, 5.74) is 3.08. The molecule has 0 saturated heterocycles. The minimum Gasteiger partial charge on any atom is -0.497 e. The molecule has 0 spiro atoms. The van der Waals surface area contributed by atoms with E-state index in [2.05, 4.69) is 35.0 Å². The summed E-state index contributed by atoms with van der Waals surface area (Å²) in [6.07, 6.45) is 4.35. The van der Waals surface area contributed by atoms with Gasteiger partial charge in [-0.05, 0) is 48.9 Å². The summed E-state index contributed by atoms with van der Waals surface area (Å²) in [6.45, 7) is 2.06. The van der Waals surface area contributed by atoms with Gasteiger partial charge in [-0.25, -0.2) is 0 Å². The number of aromatic nitrogens is 1. The monoisotopic (exact) mass is 334 g/mol. The van der Waals surface area contributed by atoms with Crippen LogP contribution in [0.3, 0.4) is 0 Å². The van der Waals surface area contributed by atoms with Gasteiger partial charge in [-0.3, -0.25) is 4.79 Å². The van der Waals surface area contributed by atoms with Gasteiger partial charge >= 0.3 is 0 Å². The smallest absolute Gasteiger partial charge is 0.226 e. The molecule has 3 aromatic rings. The standard InChI is InChI=1S/C21H22N2O2/c1-16-6-5-7-17(14-16)20(23-12-3-4-13-23)15-21(24)22-18-8-10-19(25-2)11-9-18/h3-14,20H,15H2,1-2H3,(H,22,24). The third-order valence-electron chi connectivity index (χ3n) is 4.17. The van der Waals surface area contributed by atoms with Gasteiger partial charge in [-0.15, -0.1) is 0 Å². The van der Waals surface area contributed by atoms with E-state index in [0.29, 0.717) is 6.42 Å². The molecule has 1 heterocycles. The van der Waals surface area contributed by atoms with Crippen molar-refractivity contribution in [3.63, 3.8) is 0 Å². The number of ether oxygens (including phenoxy) is 1. The van der Waals surface area contributed by atoms with E-state index in [0.717, 1.165) is 17.0 Å². The number of rotatable bonds is 6. The number of carbonyl (C=O) groups is 1. The fourth-order valence-electron chi connectivity index (χ4n) is 2.89. The predicted molar refractivity (Wildman–Crippen MR) is 100.0 cm³/mol. The third kappa shape index (κ3) is 4.29. The Labute approximate surface area is 148 Å². The Morgan fingerprint density at radius 1 is 1.08 bits per heavy atom. The van der Waals surface area contributed by atoms with Crippen molar-refractivity contribution < 1.29 is 9.53 Å². The van der Waals surface area contributed by atoms with Crippen molar-refractivity contribution in [3.05, 3.63) is 84.2 Å². The van der Waals surface area contributed by atoms with Gasteiger partial charge in [0.1, 0.15) is 5.75 Å². The molecule has 0 radical (unpaired) electrons. The second-order valence-corrected chi connectivity index (χ2v) is 6.04. The van der Waals surface area contributed by atoms with E-state index in [1.165, 1.54) is 5.56 Å². The fraction of sp³-hybridized carbons (Fsp3) is 0.190. The molecular formula is C21H22N2O2. The van der Waals surface area contributed by atoms with Crippen molar-refractivity contribution in [2.24, 2.45) is 0 Å². The molecule has 0 bridgehead atoms. The highest BCUT2D eigenvalue weighted by atomic mass is 16.5. The van der Waals surface area contributed by atoms with Crippen LogP contribution in [0.5, 0.6) is 5.75 Å². The van der Waals surface area contributed by atoms with Gasteiger partial charge in [0.25, 0.3) is 0 Å². The van der Waals surface area contributed by atoms with Crippen LogP contribution in [0, 0.1) is 6.92 Å². The second-order valence-electron chi connectivity index (χ2n) is 6.04. The van der Waals surface area contributed by atoms with E-state index in [1.54, 1.807) is 7.11 Å². The van der Waals surface area contributed by atoms with Crippen LogP contribution in [-0.4, -0.2) is 17.6 Å². The van der Waals surface area contributed by atoms with E-state index < -0.39 is 0 Å². The van der Waals surface area contributed by atoms with E-state index in [1.807, 2.05) is 54.9 Å². The normalized spacial score (nSPS) is 11.8. The average Bonchev–Trinajstić information content (AvgIpc) is 3.14. The predicted octanol–water partition coefficient (Wildman–Crippen LogP) is 4.42. The van der Waals surface area contributed by atoms with Crippen LogP contribution in [0.4, 0.5) is 5.69 Å². The first-order valence-electron chi connectivity index (χ1n) is 8.28. The average molecular weight is 334 g/mol. The molecule has 1 unspecified atom stereocenters. The number of nitrogens with zero attached hydrogens (tertiary/aromatic N) is 1. The summed E-state index contributed by atoms with van der Waals surface area (Å²) < 4.78 is 7.21. The molecule has 0 aliphatic rings. The van der Waals surface area contributed by atoms with Gasteiger partial charge in [-0.2, -0.15) is 0 Å². The summed E-state index contributed by atoms with van der Waals surface area (Å²) in [5, 5.41) is 2.96. The topological polar surface area (TPSA) is 43.3 Å². The van der Waals surface area contributed by atoms with E-state index >= 15 is 0 Å². The zero-order valence-electron chi connectivity index (χ0n) is 14.5. The maximum absolute atomic E-state index is 12.6. The summed E-state index contributed by atoms with van der Waals surface area (Å²) in [5.74, 6) is 0.744. The van der Waals surface area contributed by atoms with Gasteiger partial charge in [-0.1, -0.05) is 29.8 Å². The molecule has 0 aliphatic heterocycles. The Morgan fingerprint density at radius 2 is 1.80 bits per heavy atom. The molecule has 4 heteroatoms. The highest BCUT2D eigenvalue weighted by molar-refractivity contribution is 5.91. The Hall–Kier alpha value is -3.01. The van der Waals surface area contributed by atoms with Crippen molar-refractivity contribution >= 4 is 11.6 Å². The number of hydrogen-bond acceptors (Lipinski definition) is 2. The lowest BCUT2D eigenvalue weighted by Gasteiger charge is -2.20. The number of methoxy groups -OCH3 is 1. The first-order valence-corrected chi connectivity index (χ1v) is 8.28. The summed E-state index contributed by atoms with van der Waals surface area (Å²) in [4.78, 5) is 12.6. The fourth-order valence-corrected chi connectivity index (χ4v) is 2.89. The van der Waals surface area contributed by atoms with Crippen LogP contribution in [-0.2, 0) is 4.79 Å². The number of aryl methyl sites for hydroxylation is 1. The number of benzene rings is 2. The van der Waals surface area contributed by atoms with Crippen molar-refractivity contribution in [1.82, 2.24) is 4.57 Å². The molecule has 0 aliphatic carbocycles. The lowest BCUT2D eigenvalue weighted by atomic mass is 10.0.